The van der Waals surface area contributed by atoms with E-state index in [0.29, 0.717) is 47.1 Å². The van der Waals surface area contributed by atoms with Crippen molar-refractivity contribution >= 4 is 27.7 Å². The van der Waals surface area contributed by atoms with Gasteiger partial charge in [0.05, 0.1) is 29.0 Å². The summed E-state index contributed by atoms with van der Waals surface area (Å²) in [5.74, 6) is -0.252. The maximum Gasteiger partial charge on any atom is 0.345 e. The van der Waals surface area contributed by atoms with Gasteiger partial charge in [0.2, 0.25) is 0 Å². The van der Waals surface area contributed by atoms with Crippen LogP contribution in [-0.2, 0) is 11.8 Å². The number of amides is 1. The summed E-state index contributed by atoms with van der Waals surface area (Å²) in [7, 11) is 1.71. The van der Waals surface area contributed by atoms with Crippen molar-refractivity contribution in [2.75, 3.05) is 13.1 Å². The number of hydrogen-bond donors (Lipinski definition) is 0. The molecule has 34 heavy (non-hydrogen) atoms. The summed E-state index contributed by atoms with van der Waals surface area (Å²) in [5.41, 5.74) is 2.93. The molecule has 0 bridgehead atoms. The maximum absolute atomic E-state index is 13.0. The third-order valence-electron chi connectivity index (χ3n) is 6.13. The SMILES string of the molecule is Cn1ccc2cc(-c3cnc4ccc(C(=O)N5CCC[C@@H](OC(F)F)C5)cc4n3)ccc2c1=O. The molecule has 7 nitrogen and oxygen atoms in total. The zero-order chi connectivity index (χ0) is 23.8. The summed E-state index contributed by atoms with van der Waals surface area (Å²) < 4.78 is 31.3. The lowest BCUT2D eigenvalue weighted by molar-refractivity contribution is -0.171. The molecule has 174 valence electrons. The van der Waals surface area contributed by atoms with Gasteiger partial charge >= 0.3 is 6.61 Å². The first-order chi connectivity index (χ1) is 16.4. The van der Waals surface area contributed by atoms with E-state index in [1.165, 1.54) is 4.57 Å². The second-order valence-electron chi connectivity index (χ2n) is 8.40. The van der Waals surface area contributed by atoms with E-state index in [1.807, 2.05) is 18.2 Å². The molecule has 0 spiro atoms. The van der Waals surface area contributed by atoms with Gasteiger partial charge in [0.15, 0.2) is 0 Å². The van der Waals surface area contributed by atoms with Gasteiger partial charge in [0, 0.05) is 42.8 Å². The summed E-state index contributed by atoms with van der Waals surface area (Å²) in [6, 6.07) is 12.4. The third kappa shape index (κ3) is 4.26. The number of halogens is 2. The van der Waals surface area contributed by atoms with Crippen molar-refractivity contribution < 1.29 is 18.3 Å². The number of piperidine rings is 1. The molecular weight excluding hydrogens is 442 g/mol. The largest absolute Gasteiger partial charge is 0.345 e. The molecule has 0 aliphatic carbocycles. The maximum atomic E-state index is 13.0. The van der Waals surface area contributed by atoms with Gasteiger partial charge in [-0.05, 0) is 54.6 Å². The summed E-state index contributed by atoms with van der Waals surface area (Å²) in [5, 5.41) is 1.42. The molecule has 2 aromatic carbocycles. The predicted molar refractivity (Wildman–Crippen MR) is 124 cm³/mol. The fourth-order valence-corrected chi connectivity index (χ4v) is 4.35. The fourth-order valence-electron chi connectivity index (χ4n) is 4.35. The van der Waals surface area contributed by atoms with Gasteiger partial charge in [-0.3, -0.25) is 14.6 Å². The Balaban J connectivity index is 1.45. The third-order valence-corrected chi connectivity index (χ3v) is 6.13. The highest BCUT2D eigenvalue weighted by Crippen LogP contribution is 2.24. The molecule has 0 N–H and O–H groups in total. The van der Waals surface area contributed by atoms with Crippen LogP contribution in [-0.4, -0.2) is 51.1 Å². The minimum Gasteiger partial charge on any atom is -0.336 e. The molecule has 0 radical (unpaired) electrons. The molecule has 1 aliphatic heterocycles. The van der Waals surface area contributed by atoms with Crippen molar-refractivity contribution in [1.29, 1.82) is 0 Å². The quantitative estimate of drug-likeness (QED) is 0.456. The van der Waals surface area contributed by atoms with Gasteiger partial charge in [-0.1, -0.05) is 6.07 Å². The number of fused-ring (bicyclic) bond motifs is 2. The number of hydrogen-bond acceptors (Lipinski definition) is 5. The molecule has 9 heteroatoms. The van der Waals surface area contributed by atoms with Crippen LogP contribution in [0.25, 0.3) is 33.1 Å². The number of pyridine rings is 1. The van der Waals surface area contributed by atoms with Gasteiger partial charge in [-0.15, -0.1) is 0 Å². The highest BCUT2D eigenvalue weighted by atomic mass is 19.3. The first-order valence-corrected chi connectivity index (χ1v) is 11.0. The Kier molecular flexibility index (Phi) is 5.79. The van der Waals surface area contributed by atoms with Crippen molar-refractivity contribution in [3.8, 4) is 11.3 Å². The zero-order valence-corrected chi connectivity index (χ0v) is 18.4. The van der Waals surface area contributed by atoms with Crippen LogP contribution in [0.3, 0.4) is 0 Å². The van der Waals surface area contributed by atoms with Gasteiger partial charge in [-0.25, -0.2) is 4.98 Å². The molecule has 1 atom stereocenters. The van der Waals surface area contributed by atoms with E-state index in [1.54, 1.807) is 48.6 Å². The van der Waals surface area contributed by atoms with Crippen molar-refractivity contribution in [3.63, 3.8) is 0 Å². The van der Waals surface area contributed by atoms with Gasteiger partial charge in [-0.2, -0.15) is 8.78 Å². The van der Waals surface area contributed by atoms with Crippen molar-refractivity contribution in [3.05, 3.63) is 70.8 Å². The minimum absolute atomic E-state index is 0.0734. The predicted octanol–water partition coefficient (Wildman–Crippen LogP) is 3.99. The summed E-state index contributed by atoms with van der Waals surface area (Å²) in [6.07, 6.45) is 3.80. The monoisotopic (exact) mass is 464 g/mol. The number of carbonyl (C=O) groups excluding carboxylic acids is 1. The Labute approximate surface area is 193 Å². The molecule has 4 aromatic rings. The Bertz CT molecular complexity index is 1450. The molecule has 0 unspecified atom stereocenters. The van der Waals surface area contributed by atoms with E-state index < -0.39 is 12.7 Å². The topological polar surface area (TPSA) is 77.3 Å². The first kappa shape index (κ1) is 22.1. The van der Waals surface area contributed by atoms with E-state index in [2.05, 4.69) is 9.72 Å². The number of ether oxygens (including phenoxy) is 1. The summed E-state index contributed by atoms with van der Waals surface area (Å²) in [6.45, 7) is -2.24. The van der Waals surface area contributed by atoms with E-state index in [-0.39, 0.29) is 18.0 Å². The molecule has 1 fully saturated rings. The van der Waals surface area contributed by atoms with Crippen molar-refractivity contribution in [1.82, 2.24) is 19.4 Å². The number of nitrogens with zero attached hydrogens (tertiary/aromatic N) is 4. The molecule has 1 amide bonds. The van der Waals surface area contributed by atoms with Crippen LogP contribution in [0.1, 0.15) is 23.2 Å². The first-order valence-electron chi connectivity index (χ1n) is 11.0. The lowest BCUT2D eigenvalue weighted by atomic mass is 10.1. The molecule has 3 heterocycles. The number of aryl methyl sites for hydroxylation is 1. The average molecular weight is 464 g/mol. The summed E-state index contributed by atoms with van der Waals surface area (Å²) in [4.78, 5) is 36.1. The molecule has 0 saturated carbocycles. The highest BCUT2D eigenvalue weighted by molar-refractivity contribution is 5.97. The lowest BCUT2D eigenvalue weighted by Gasteiger charge is -2.32. The van der Waals surface area contributed by atoms with E-state index in [0.717, 1.165) is 10.9 Å². The zero-order valence-electron chi connectivity index (χ0n) is 18.4. The number of rotatable bonds is 4. The Hall–Kier alpha value is -3.72. The molecule has 1 aliphatic rings. The van der Waals surface area contributed by atoms with Crippen molar-refractivity contribution in [2.24, 2.45) is 7.05 Å². The normalized spacial score (nSPS) is 16.5. The van der Waals surface area contributed by atoms with Crippen LogP contribution in [0.15, 0.2) is 59.7 Å². The van der Waals surface area contributed by atoms with E-state index >= 15 is 0 Å². The van der Waals surface area contributed by atoms with E-state index in [4.69, 9.17) is 4.98 Å². The second kappa shape index (κ2) is 8.90. The highest BCUT2D eigenvalue weighted by Gasteiger charge is 2.27. The number of alkyl halides is 2. The Morgan fingerprint density at radius 2 is 2.00 bits per heavy atom. The van der Waals surface area contributed by atoms with Crippen molar-refractivity contribution in [2.45, 2.75) is 25.6 Å². The van der Waals surface area contributed by atoms with Crippen LogP contribution in [0, 0.1) is 0 Å². The van der Waals surface area contributed by atoms with Gasteiger partial charge < -0.3 is 14.2 Å². The summed E-state index contributed by atoms with van der Waals surface area (Å²) >= 11 is 0. The number of benzene rings is 2. The number of carbonyl (C=O) groups is 1. The van der Waals surface area contributed by atoms with Crippen LogP contribution < -0.4 is 5.56 Å². The molecule has 1 saturated heterocycles. The van der Waals surface area contributed by atoms with Crippen LogP contribution in [0.4, 0.5) is 8.78 Å². The minimum atomic E-state index is -2.85. The lowest BCUT2D eigenvalue weighted by Crippen LogP contribution is -2.43. The van der Waals surface area contributed by atoms with Crippen LogP contribution >= 0.6 is 0 Å². The fraction of sp³-hybridized carbons (Fsp3) is 0.280. The van der Waals surface area contributed by atoms with Crippen LogP contribution in [0.5, 0.6) is 0 Å². The number of aromatic nitrogens is 3. The Morgan fingerprint density at radius 1 is 1.15 bits per heavy atom. The smallest absolute Gasteiger partial charge is 0.336 e. The molecule has 5 rings (SSSR count). The van der Waals surface area contributed by atoms with Gasteiger partial charge in [0.1, 0.15) is 0 Å². The van der Waals surface area contributed by atoms with Gasteiger partial charge in [0.25, 0.3) is 11.5 Å². The molecular formula is C25H22F2N4O3. The standard InChI is InChI=1S/C25H22F2N4O3/c1-30-10-8-15-11-16(4-6-19(15)24(30)33)22-13-28-20-7-5-17(12-21(20)29-22)23(32)31-9-2-3-18(14-31)34-25(26)27/h4-8,10-13,18,25H,2-3,9,14H2,1H3/t18-/m1/s1. The average Bonchev–Trinajstić information content (AvgIpc) is 2.84. The Morgan fingerprint density at radius 3 is 2.82 bits per heavy atom. The van der Waals surface area contributed by atoms with E-state index in [9.17, 15) is 18.4 Å². The number of likely N-dealkylation sites (tertiary alicyclic amines) is 1. The molecule has 2 aromatic heterocycles. The van der Waals surface area contributed by atoms with Crippen LogP contribution in [0.2, 0.25) is 0 Å². The second-order valence-corrected chi connectivity index (χ2v) is 8.40.